The molecule has 0 atom stereocenters. The van der Waals surface area contributed by atoms with E-state index in [-0.39, 0.29) is 11.6 Å². The van der Waals surface area contributed by atoms with Gasteiger partial charge in [-0.1, -0.05) is 29.3 Å². The first kappa shape index (κ1) is 22.1. The van der Waals surface area contributed by atoms with Crippen LogP contribution in [0, 0.1) is 20.8 Å². The lowest BCUT2D eigenvalue weighted by Gasteiger charge is -2.09. The largest absolute Gasteiger partial charge is 0.316 e. The van der Waals surface area contributed by atoms with Crippen LogP contribution in [0.15, 0.2) is 24.3 Å². The molecular weight excluding hydrogens is 463 g/mol. The lowest BCUT2D eigenvalue weighted by atomic mass is 10.2. The maximum atomic E-state index is 13.3. The number of alkyl halides is 2. The van der Waals surface area contributed by atoms with Gasteiger partial charge in [0.2, 0.25) is 5.82 Å². The van der Waals surface area contributed by atoms with Crippen molar-refractivity contribution >= 4 is 40.6 Å². The van der Waals surface area contributed by atoms with Crippen LogP contribution >= 0.6 is 23.2 Å². The monoisotopic (exact) mass is 479 g/mol. The molecule has 0 saturated carbocycles. The lowest BCUT2D eigenvalue weighted by molar-refractivity contribution is 0.101. The molecule has 0 spiro atoms. The van der Waals surface area contributed by atoms with Crippen molar-refractivity contribution < 1.29 is 13.6 Å². The van der Waals surface area contributed by atoms with Crippen molar-refractivity contribution in [2.75, 3.05) is 5.32 Å². The van der Waals surface area contributed by atoms with Gasteiger partial charge in [0.05, 0.1) is 23.6 Å². The van der Waals surface area contributed by atoms with Gasteiger partial charge in [-0.15, -0.1) is 5.10 Å². The Kier molecular flexibility index (Phi) is 5.83. The zero-order chi connectivity index (χ0) is 23.2. The van der Waals surface area contributed by atoms with Crippen LogP contribution in [0.2, 0.25) is 10.0 Å². The Labute approximate surface area is 191 Å². The topological polar surface area (TPSA) is 90.0 Å². The summed E-state index contributed by atoms with van der Waals surface area (Å²) in [6.45, 7) is 5.36. The fraction of sp³-hybridized carbons (Fsp3) is 0.250. The Hall–Kier alpha value is -3.11. The molecule has 0 aliphatic heterocycles. The van der Waals surface area contributed by atoms with Crippen LogP contribution in [0.1, 0.15) is 45.4 Å². The van der Waals surface area contributed by atoms with Gasteiger partial charge in [0, 0.05) is 21.3 Å². The van der Waals surface area contributed by atoms with Crippen LogP contribution in [0.3, 0.4) is 0 Å². The molecule has 166 valence electrons. The molecule has 3 heterocycles. The molecule has 0 aliphatic rings. The number of anilines is 1. The van der Waals surface area contributed by atoms with Crippen molar-refractivity contribution in [3.63, 3.8) is 0 Å². The third kappa shape index (κ3) is 4.03. The zero-order valence-electron chi connectivity index (χ0n) is 17.2. The Morgan fingerprint density at radius 2 is 1.81 bits per heavy atom. The highest BCUT2D eigenvalue weighted by Crippen LogP contribution is 2.28. The Balaban J connectivity index is 1.64. The molecule has 0 unspecified atom stereocenters. The first-order chi connectivity index (χ1) is 15.2. The Morgan fingerprint density at radius 1 is 1.12 bits per heavy atom. The number of amides is 1. The first-order valence-corrected chi connectivity index (χ1v) is 10.2. The van der Waals surface area contributed by atoms with Gasteiger partial charge in [-0.05, 0) is 39.0 Å². The van der Waals surface area contributed by atoms with E-state index in [1.54, 1.807) is 43.7 Å². The smallest absolute Gasteiger partial charge is 0.295 e. The molecular formula is C20H17Cl2F2N7O. The number of carbonyl (C=O) groups is 1. The minimum absolute atomic E-state index is 0.0806. The summed E-state index contributed by atoms with van der Waals surface area (Å²) >= 11 is 12.5. The molecule has 4 aromatic rings. The molecule has 3 aromatic heterocycles. The number of aromatic nitrogens is 6. The van der Waals surface area contributed by atoms with E-state index in [0.29, 0.717) is 44.9 Å². The highest BCUT2D eigenvalue weighted by Gasteiger charge is 2.22. The number of aryl methyl sites for hydroxylation is 2. The van der Waals surface area contributed by atoms with Gasteiger partial charge in [0.1, 0.15) is 5.69 Å². The van der Waals surface area contributed by atoms with Crippen LogP contribution in [0.5, 0.6) is 0 Å². The predicted octanol–water partition coefficient (Wildman–Crippen LogP) is 4.79. The standard InChI is InChI=1S/C20H17Cl2F2N7O/c1-9-7-15(17(23)24)31-20(25-9)27-18(29-31)19(32)26-16-10(2)28-30(11(16)3)8-12-13(21)5-4-6-14(12)22/h4-7,17H,8H2,1-3H3,(H,26,32). The van der Waals surface area contributed by atoms with Gasteiger partial charge in [-0.2, -0.15) is 14.6 Å². The second kappa shape index (κ2) is 8.44. The number of rotatable bonds is 5. The van der Waals surface area contributed by atoms with Gasteiger partial charge in [0.25, 0.3) is 18.1 Å². The molecule has 1 amide bonds. The van der Waals surface area contributed by atoms with E-state index >= 15 is 0 Å². The van der Waals surface area contributed by atoms with E-state index in [4.69, 9.17) is 23.2 Å². The number of hydrogen-bond donors (Lipinski definition) is 1. The summed E-state index contributed by atoms with van der Waals surface area (Å²) in [5, 5.41) is 12.1. The summed E-state index contributed by atoms with van der Waals surface area (Å²) in [5.74, 6) is -1.04. The maximum Gasteiger partial charge on any atom is 0.295 e. The maximum absolute atomic E-state index is 13.3. The summed E-state index contributed by atoms with van der Waals surface area (Å²) in [5.41, 5.74) is 2.30. The van der Waals surface area contributed by atoms with E-state index in [1.807, 2.05) is 0 Å². The van der Waals surface area contributed by atoms with E-state index in [2.05, 4.69) is 25.5 Å². The fourth-order valence-corrected chi connectivity index (χ4v) is 3.82. The molecule has 0 fully saturated rings. The van der Waals surface area contributed by atoms with Crippen molar-refractivity contribution in [3.8, 4) is 0 Å². The third-order valence-electron chi connectivity index (χ3n) is 4.88. The molecule has 12 heteroatoms. The highest BCUT2D eigenvalue weighted by atomic mass is 35.5. The average molecular weight is 480 g/mol. The number of hydrogen-bond acceptors (Lipinski definition) is 5. The Bertz CT molecular complexity index is 1330. The summed E-state index contributed by atoms with van der Waals surface area (Å²) in [4.78, 5) is 20.9. The third-order valence-corrected chi connectivity index (χ3v) is 5.59. The summed E-state index contributed by atoms with van der Waals surface area (Å²) in [7, 11) is 0. The predicted molar refractivity (Wildman–Crippen MR) is 116 cm³/mol. The van der Waals surface area contributed by atoms with Crippen LogP contribution in [-0.2, 0) is 6.54 Å². The average Bonchev–Trinajstić information content (AvgIpc) is 3.26. The second-order valence-electron chi connectivity index (χ2n) is 7.13. The fourth-order valence-electron chi connectivity index (χ4n) is 3.30. The van der Waals surface area contributed by atoms with Gasteiger partial charge in [0.15, 0.2) is 0 Å². The minimum atomic E-state index is -2.80. The molecule has 0 radical (unpaired) electrons. The minimum Gasteiger partial charge on any atom is -0.316 e. The van der Waals surface area contributed by atoms with E-state index in [0.717, 1.165) is 4.52 Å². The molecule has 1 aromatic carbocycles. The van der Waals surface area contributed by atoms with Crippen molar-refractivity contribution in [2.24, 2.45) is 0 Å². The van der Waals surface area contributed by atoms with Crippen LogP contribution in [0.25, 0.3) is 5.78 Å². The summed E-state index contributed by atoms with van der Waals surface area (Å²) < 4.78 is 29.2. The molecule has 0 bridgehead atoms. The SMILES string of the molecule is Cc1cc(C(F)F)n2nc(C(=O)Nc3c(C)nn(Cc4c(Cl)cccc4Cl)c3C)nc2n1. The van der Waals surface area contributed by atoms with Gasteiger partial charge >= 0.3 is 0 Å². The summed E-state index contributed by atoms with van der Waals surface area (Å²) in [6, 6.07) is 6.41. The molecule has 4 rings (SSSR count). The number of benzene rings is 1. The molecule has 8 nitrogen and oxygen atoms in total. The highest BCUT2D eigenvalue weighted by molar-refractivity contribution is 6.36. The van der Waals surface area contributed by atoms with Crippen molar-refractivity contribution in [1.82, 2.24) is 29.4 Å². The number of nitrogens with zero attached hydrogens (tertiary/aromatic N) is 6. The van der Waals surface area contributed by atoms with Crippen LogP contribution in [0.4, 0.5) is 14.5 Å². The van der Waals surface area contributed by atoms with Gasteiger partial charge < -0.3 is 5.32 Å². The molecule has 0 saturated heterocycles. The number of halogens is 4. The number of carbonyl (C=O) groups excluding carboxylic acids is 1. The molecule has 32 heavy (non-hydrogen) atoms. The van der Waals surface area contributed by atoms with E-state index in [9.17, 15) is 13.6 Å². The van der Waals surface area contributed by atoms with E-state index in [1.165, 1.54) is 6.07 Å². The van der Waals surface area contributed by atoms with Gasteiger partial charge in [-0.3, -0.25) is 9.48 Å². The van der Waals surface area contributed by atoms with Crippen molar-refractivity contribution in [3.05, 3.63) is 68.5 Å². The second-order valence-corrected chi connectivity index (χ2v) is 7.94. The van der Waals surface area contributed by atoms with Crippen LogP contribution in [-0.4, -0.2) is 35.3 Å². The summed E-state index contributed by atoms with van der Waals surface area (Å²) in [6.07, 6.45) is -2.80. The number of nitrogens with one attached hydrogen (secondary N) is 1. The van der Waals surface area contributed by atoms with Gasteiger partial charge in [-0.25, -0.2) is 13.8 Å². The normalized spacial score (nSPS) is 11.5. The van der Waals surface area contributed by atoms with E-state index < -0.39 is 18.0 Å². The van der Waals surface area contributed by atoms with Crippen molar-refractivity contribution in [2.45, 2.75) is 33.7 Å². The first-order valence-electron chi connectivity index (χ1n) is 9.46. The lowest BCUT2D eigenvalue weighted by Crippen LogP contribution is -2.15. The number of fused-ring (bicyclic) bond motifs is 1. The molecule has 0 aliphatic carbocycles. The van der Waals surface area contributed by atoms with Crippen LogP contribution < -0.4 is 5.32 Å². The van der Waals surface area contributed by atoms with Crippen molar-refractivity contribution in [1.29, 1.82) is 0 Å². The molecule has 1 N–H and O–H groups in total. The Morgan fingerprint density at radius 3 is 2.47 bits per heavy atom. The zero-order valence-corrected chi connectivity index (χ0v) is 18.7. The quantitative estimate of drug-likeness (QED) is 0.444.